The second kappa shape index (κ2) is 10.5. The molecule has 0 N–H and O–H groups in total. The molecule has 6 nitrogen and oxygen atoms in total. The molecule has 0 atom stereocenters. The van der Waals surface area contributed by atoms with Gasteiger partial charge in [0.05, 0.1) is 11.1 Å². The van der Waals surface area contributed by atoms with Gasteiger partial charge in [-0.3, -0.25) is 9.59 Å². The van der Waals surface area contributed by atoms with Gasteiger partial charge in [0.1, 0.15) is 5.69 Å². The molecule has 3 heterocycles. The van der Waals surface area contributed by atoms with Gasteiger partial charge in [0.15, 0.2) is 0 Å². The highest BCUT2D eigenvalue weighted by atomic mass is 19.4. The summed E-state index contributed by atoms with van der Waals surface area (Å²) in [6, 6.07) is 11.4. The molecule has 0 radical (unpaired) electrons. The molecule has 2 aliphatic rings. The van der Waals surface area contributed by atoms with Crippen LogP contribution in [0.2, 0.25) is 0 Å². The average molecular weight is 563 g/mol. The van der Waals surface area contributed by atoms with E-state index in [0.29, 0.717) is 35.6 Å². The molecule has 3 aromatic rings. The Kier molecular flexibility index (Phi) is 7.37. The SMILES string of the molecule is CN(C)C1CCN(C(=O)c2ccc3c(c2)cc(C(=O)N2CCC(F)(F)CC2)n3-c2cccc(C(F)(F)F)c2)CC1. The lowest BCUT2D eigenvalue weighted by molar-refractivity contribution is -0.137. The van der Waals surface area contributed by atoms with Crippen LogP contribution in [-0.2, 0) is 6.18 Å². The lowest BCUT2D eigenvalue weighted by atomic mass is 10.0. The van der Waals surface area contributed by atoms with E-state index >= 15 is 0 Å². The van der Waals surface area contributed by atoms with E-state index in [1.54, 1.807) is 23.1 Å². The van der Waals surface area contributed by atoms with E-state index in [1.807, 2.05) is 14.1 Å². The molecule has 5 rings (SSSR count). The Hall–Kier alpha value is -3.47. The molecule has 2 saturated heterocycles. The zero-order valence-corrected chi connectivity index (χ0v) is 22.3. The third-order valence-corrected chi connectivity index (χ3v) is 7.96. The summed E-state index contributed by atoms with van der Waals surface area (Å²) in [5, 5.41) is 0.497. The van der Waals surface area contributed by atoms with Gasteiger partial charge in [-0.25, -0.2) is 8.78 Å². The molecule has 214 valence electrons. The van der Waals surface area contributed by atoms with Crippen LogP contribution in [-0.4, -0.2) is 83.3 Å². The van der Waals surface area contributed by atoms with Crippen molar-refractivity contribution >= 4 is 22.7 Å². The van der Waals surface area contributed by atoms with Crippen molar-refractivity contribution in [2.24, 2.45) is 0 Å². The van der Waals surface area contributed by atoms with Crippen molar-refractivity contribution in [1.29, 1.82) is 0 Å². The molecular weight excluding hydrogens is 531 g/mol. The van der Waals surface area contributed by atoms with Gasteiger partial charge in [-0.1, -0.05) is 6.07 Å². The Labute approximate surface area is 228 Å². The second-order valence-corrected chi connectivity index (χ2v) is 10.8. The first kappa shape index (κ1) is 28.1. The summed E-state index contributed by atoms with van der Waals surface area (Å²) in [5.41, 5.74) is 0.133. The van der Waals surface area contributed by atoms with Crippen LogP contribution in [0.4, 0.5) is 22.0 Å². The van der Waals surface area contributed by atoms with E-state index in [2.05, 4.69) is 4.90 Å². The number of likely N-dealkylation sites (tertiary alicyclic amines) is 2. The second-order valence-electron chi connectivity index (χ2n) is 10.8. The lowest BCUT2D eigenvalue weighted by Gasteiger charge is -2.35. The van der Waals surface area contributed by atoms with Gasteiger partial charge in [-0.15, -0.1) is 0 Å². The predicted octanol–water partition coefficient (Wildman–Crippen LogP) is 5.69. The highest BCUT2D eigenvalue weighted by Crippen LogP contribution is 2.34. The summed E-state index contributed by atoms with van der Waals surface area (Å²) in [7, 11) is 4.03. The summed E-state index contributed by atoms with van der Waals surface area (Å²) in [6.45, 7) is 0.883. The number of fused-ring (bicyclic) bond motifs is 1. The number of hydrogen-bond donors (Lipinski definition) is 0. The fourth-order valence-corrected chi connectivity index (χ4v) is 5.57. The Morgan fingerprint density at radius 2 is 1.52 bits per heavy atom. The predicted molar refractivity (Wildman–Crippen MR) is 141 cm³/mol. The van der Waals surface area contributed by atoms with E-state index in [9.17, 15) is 31.5 Å². The summed E-state index contributed by atoms with van der Waals surface area (Å²) in [6.07, 6.45) is -3.86. The van der Waals surface area contributed by atoms with E-state index < -0.39 is 36.4 Å². The number of hydrogen-bond acceptors (Lipinski definition) is 3. The van der Waals surface area contributed by atoms with Crippen LogP contribution in [0.15, 0.2) is 48.5 Å². The molecule has 0 unspecified atom stereocenters. The number of alkyl halides is 5. The first-order valence-electron chi connectivity index (χ1n) is 13.3. The monoisotopic (exact) mass is 562 g/mol. The van der Waals surface area contributed by atoms with E-state index in [1.165, 1.54) is 27.7 Å². The summed E-state index contributed by atoms with van der Waals surface area (Å²) in [4.78, 5) is 32.1. The van der Waals surface area contributed by atoms with Crippen LogP contribution < -0.4 is 0 Å². The van der Waals surface area contributed by atoms with E-state index in [4.69, 9.17) is 0 Å². The zero-order valence-electron chi connectivity index (χ0n) is 22.3. The number of amides is 2. The molecule has 2 aliphatic heterocycles. The van der Waals surface area contributed by atoms with Crippen molar-refractivity contribution in [3.05, 3.63) is 65.4 Å². The quantitative estimate of drug-likeness (QED) is 0.384. The fraction of sp³-hybridized carbons (Fsp3) is 0.448. The number of piperidine rings is 2. The Balaban J connectivity index is 1.53. The topological polar surface area (TPSA) is 48.8 Å². The smallest absolute Gasteiger partial charge is 0.339 e. The third-order valence-electron chi connectivity index (χ3n) is 7.96. The van der Waals surface area contributed by atoms with E-state index in [-0.39, 0.29) is 30.4 Å². The van der Waals surface area contributed by atoms with Crippen LogP contribution in [0.5, 0.6) is 0 Å². The highest BCUT2D eigenvalue weighted by molar-refractivity contribution is 6.03. The Morgan fingerprint density at radius 3 is 2.15 bits per heavy atom. The number of carbonyl (C=O) groups excluding carboxylic acids is 2. The molecule has 11 heteroatoms. The maximum absolute atomic E-state index is 13.8. The van der Waals surface area contributed by atoms with Gasteiger partial charge in [0, 0.05) is 61.7 Å². The number of aromatic nitrogens is 1. The number of halogens is 5. The molecule has 2 amide bonds. The Bertz CT molecular complexity index is 1410. The minimum atomic E-state index is -4.60. The van der Waals surface area contributed by atoms with Crippen LogP contribution in [0, 0.1) is 0 Å². The molecule has 40 heavy (non-hydrogen) atoms. The maximum Gasteiger partial charge on any atom is 0.416 e. The fourth-order valence-electron chi connectivity index (χ4n) is 5.57. The van der Waals surface area contributed by atoms with Gasteiger partial charge in [-0.05, 0) is 69.4 Å². The number of rotatable bonds is 4. The molecule has 2 aromatic carbocycles. The van der Waals surface area contributed by atoms with Crippen LogP contribution in [0.3, 0.4) is 0 Å². The summed E-state index contributed by atoms with van der Waals surface area (Å²) in [5.74, 6) is -3.57. The van der Waals surface area contributed by atoms with Crippen molar-refractivity contribution in [2.75, 3.05) is 40.3 Å². The third kappa shape index (κ3) is 5.56. The average Bonchev–Trinajstić information content (AvgIpc) is 3.31. The van der Waals surface area contributed by atoms with Crippen LogP contribution >= 0.6 is 0 Å². The minimum Gasteiger partial charge on any atom is -0.339 e. The summed E-state index contributed by atoms with van der Waals surface area (Å²) >= 11 is 0. The highest BCUT2D eigenvalue weighted by Gasteiger charge is 2.37. The molecule has 0 aliphatic carbocycles. The van der Waals surface area contributed by atoms with Gasteiger partial charge in [-0.2, -0.15) is 13.2 Å². The zero-order chi connectivity index (χ0) is 28.8. The molecule has 0 bridgehead atoms. The van der Waals surface area contributed by atoms with Crippen LogP contribution in [0.25, 0.3) is 16.6 Å². The van der Waals surface area contributed by atoms with Crippen LogP contribution in [0.1, 0.15) is 52.1 Å². The van der Waals surface area contributed by atoms with Gasteiger partial charge >= 0.3 is 6.18 Å². The molecule has 2 fully saturated rings. The Morgan fingerprint density at radius 1 is 0.875 bits per heavy atom. The molecule has 0 saturated carbocycles. The van der Waals surface area contributed by atoms with E-state index in [0.717, 1.165) is 25.0 Å². The first-order chi connectivity index (χ1) is 18.8. The van der Waals surface area contributed by atoms with Crippen molar-refractivity contribution < 1.29 is 31.5 Å². The van der Waals surface area contributed by atoms with Crippen molar-refractivity contribution in [3.63, 3.8) is 0 Å². The van der Waals surface area contributed by atoms with Crippen molar-refractivity contribution in [1.82, 2.24) is 19.3 Å². The van der Waals surface area contributed by atoms with Crippen molar-refractivity contribution in [3.8, 4) is 5.69 Å². The van der Waals surface area contributed by atoms with Gasteiger partial charge < -0.3 is 19.3 Å². The molecule has 0 spiro atoms. The number of benzene rings is 2. The maximum atomic E-state index is 13.8. The number of carbonyl (C=O) groups is 2. The summed E-state index contributed by atoms with van der Waals surface area (Å²) < 4.78 is 69.5. The first-order valence-corrected chi connectivity index (χ1v) is 13.3. The normalized spacial score (nSPS) is 18.5. The molecule has 1 aromatic heterocycles. The van der Waals surface area contributed by atoms with Gasteiger partial charge in [0.25, 0.3) is 17.7 Å². The largest absolute Gasteiger partial charge is 0.416 e. The molecular formula is C29H31F5N4O2. The standard InChI is InChI=1S/C29H31F5N4O2/c1-35(2)22-8-12-36(13-9-22)26(39)19-6-7-24-20(16-19)17-25(27(40)37-14-10-28(30,31)11-15-37)38(24)23-5-3-4-21(18-23)29(32,33)34/h3-7,16-18,22H,8-15H2,1-2H3. The van der Waals surface area contributed by atoms with Crippen molar-refractivity contribution in [2.45, 2.75) is 43.8 Å². The lowest BCUT2D eigenvalue weighted by Crippen LogP contribution is -2.44. The minimum absolute atomic E-state index is 0.0518. The number of nitrogens with zero attached hydrogens (tertiary/aromatic N) is 4. The van der Waals surface area contributed by atoms with Gasteiger partial charge in [0.2, 0.25) is 0 Å².